The van der Waals surface area contributed by atoms with E-state index in [9.17, 15) is 23.5 Å². The van der Waals surface area contributed by atoms with Gasteiger partial charge in [0, 0.05) is 22.3 Å². The lowest BCUT2D eigenvalue weighted by Crippen LogP contribution is -2.29. The first-order chi connectivity index (χ1) is 15.8. The van der Waals surface area contributed by atoms with E-state index >= 15 is 0 Å². The SMILES string of the molecule is CCOc1cccc(C2/C(=C(\O)c3cccc(Cl)c3)C(=O)C(=O)N2c2ccc(F)c(F)c2)c1. The van der Waals surface area contributed by atoms with Crippen LogP contribution in [-0.4, -0.2) is 23.4 Å². The fourth-order valence-corrected chi connectivity index (χ4v) is 3.97. The van der Waals surface area contributed by atoms with Gasteiger partial charge in [-0.25, -0.2) is 8.78 Å². The van der Waals surface area contributed by atoms with Gasteiger partial charge in [-0.15, -0.1) is 0 Å². The highest BCUT2D eigenvalue weighted by molar-refractivity contribution is 6.51. The summed E-state index contributed by atoms with van der Waals surface area (Å²) in [5, 5.41) is 11.4. The summed E-state index contributed by atoms with van der Waals surface area (Å²) in [4.78, 5) is 27.2. The first-order valence-electron chi connectivity index (χ1n) is 10.1. The highest BCUT2D eigenvalue weighted by atomic mass is 35.5. The van der Waals surface area contributed by atoms with E-state index in [1.165, 1.54) is 12.1 Å². The highest BCUT2D eigenvalue weighted by Crippen LogP contribution is 2.43. The first kappa shape index (κ1) is 22.5. The number of Topliss-reactive ketones (excluding diaryl/α,β-unsaturated/α-hetero) is 1. The number of anilines is 1. The second-order valence-corrected chi connectivity index (χ2v) is 7.72. The van der Waals surface area contributed by atoms with Crippen LogP contribution in [0.2, 0.25) is 5.02 Å². The lowest BCUT2D eigenvalue weighted by molar-refractivity contribution is -0.132. The highest BCUT2D eigenvalue weighted by Gasteiger charge is 2.47. The number of halogens is 3. The molecule has 1 N–H and O–H groups in total. The van der Waals surface area contributed by atoms with E-state index < -0.39 is 35.1 Å². The molecule has 1 amide bonds. The van der Waals surface area contributed by atoms with Crippen LogP contribution in [0.4, 0.5) is 14.5 Å². The summed E-state index contributed by atoms with van der Waals surface area (Å²) in [7, 11) is 0. The number of benzene rings is 3. The van der Waals surface area contributed by atoms with Crippen molar-refractivity contribution in [3.8, 4) is 5.75 Å². The average Bonchev–Trinajstić information content (AvgIpc) is 3.06. The number of carbonyl (C=O) groups is 2. The second-order valence-electron chi connectivity index (χ2n) is 7.28. The molecule has 1 heterocycles. The number of rotatable bonds is 5. The number of aliphatic hydroxyl groups excluding tert-OH is 1. The Hall–Kier alpha value is -3.71. The van der Waals surface area contributed by atoms with E-state index in [0.29, 0.717) is 22.9 Å². The van der Waals surface area contributed by atoms with Crippen molar-refractivity contribution in [2.45, 2.75) is 13.0 Å². The van der Waals surface area contributed by atoms with Crippen molar-refractivity contribution >= 4 is 34.7 Å². The molecular formula is C25H18ClF2NO4. The molecule has 1 aliphatic heterocycles. The Morgan fingerprint density at radius 3 is 2.48 bits per heavy atom. The van der Waals surface area contributed by atoms with Gasteiger partial charge in [0.15, 0.2) is 11.6 Å². The quantitative estimate of drug-likeness (QED) is 0.298. The van der Waals surface area contributed by atoms with Crippen LogP contribution in [-0.2, 0) is 9.59 Å². The summed E-state index contributed by atoms with van der Waals surface area (Å²) in [6, 6.07) is 14.6. The van der Waals surface area contributed by atoms with Gasteiger partial charge in [-0.05, 0) is 48.9 Å². The van der Waals surface area contributed by atoms with Gasteiger partial charge in [-0.2, -0.15) is 0 Å². The molecule has 1 unspecified atom stereocenters. The van der Waals surface area contributed by atoms with Crippen LogP contribution in [0.3, 0.4) is 0 Å². The van der Waals surface area contributed by atoms with Crippen molar-refractivity contribution in [1.82, 2.24) is 0 Å². The zero-order valence-corrected chi connectivity index (χ0v) is 18.1. The third-order valence-electron chi connectivity index (χ3n) is 5.21. The molecule has 3 aromatic carbocycles. The van der Waals surface area contributed by atoms with Crippen LogP contribution in [0.15, 0.2) is 72.3 Å². The number of amides is 1. The maximum absolute atomic E-state index is 14.0. The molecule has 1 saturated heterocycles. The maximum Gasteiger partial charge on any atom is 0.300 e. The summed E-state index contributed by atoms with van der Waals surface area (Å²) in [6.45, 7) is 2.19. The van der Waals surface area contributed by atoms with Crippen molar-refractivity contribution < 1.29 is 28.2 Å². The van der Waals surface area contributed by atoms with Gasteiger partial charge in [-0.1, -0.05) is 35.9 Å². The number of aliphatic hydroxyl groups is 1. The first-order valence-corrected chi connectivity index (χ1v) is 10.4. The minimum Gasteiger partial charge on any atom is -0.507 e. The number of ketones is 1. The minimum absolute atomic E-state index is 0.0343. The summed E-state index contributed by atoms with van der Waals surface area (Å²) in [5.74, 6) is -4.18. The zero-order valence-electron chi connectivity index (χ0n) is 17.4. The molecule has 1 aliphatic rings. The predicted molar refractivity (Wildman–Crippen MR) is 120 cm³/mol. The molecule has 0 aromatic heterocycles. The number of nitrogens with zero attached hydrogens (tertiary/aromatic N) is 1. The van der Waals surface area contributed by atoms with E-state index in [-0.39, 0.29) is 16.8 Å². The lowest BCUT2D eigenvalue weighted by Gasteiger charge is -2.26. The van der Waals surface area contributed by atoms with Gasteiger partial charge in [0.25, 0.3) is 11.7 Å². The Morgan fingerprint density at radius 1 is 1.03 bits per heavy atom. The van der Waals surface area contributed by atoms with Crippen LogP contribution in [0.25, 0.3) is 5.76 Å². The fourth-order valence-electron chi connectivity index (χ4n) is 3.78. The molecule has 4 rings (SSSR count). The standard InChI is InChI=1S/C25H18ClF2NO4/c1-2-33-18-8-4-5-14(12-18)22-21(23(30)15-6-3-7-16(26)11-15)24(31)25(32)29(22)17-9-10-19(27)20(28)13-17/h3-13,22,30H,2H2,1H3/b23-21+. The zero-order chi connectivity index (χ0) is 23.7. The molecule has 1 fully saturated rings. The minimum atomic E-state index is -1.17. The summed E-state index contributed by atoms with van der Waals surface area (Å²) in [5.41, 5.74) is 0.429. The molecule has 8 heteroatoms. The van der Waals surface area contributed by atoms with Crippen LogP contribution < -0.4 is 9.64 Å². The van der Waals surface area contributed by atoms with Crippen molar-refractivity contribution in [3.63, 3.8) is 0 Å². The normalized spacial score (nSPS) is 17.5. The Bertz CT molecular complexity index is 1290. The van der Waals surface area contributed by atoms with Crippen LogP contribution in [0.5, 0.6) is 5.75 Å². The monoisotopic (exact) mass is 469 g/mol. The smallest absolute Gasteiger partial charge is 0.300 e. The molecule has 33 heavy (non-hydrogen) atoms. The van der Waals surface area contributed by atoms with Crippen LogP contribution >= 0.6 is 11.6 Å². The fraction of sp³-hybridized carbons (Fsp3) is 0.120. The number of carbonyl (C=O) groups excluding carboxylic acids is 2. The molecule has 1 atom stereocenters. The van der Waals surface area contributed by atoms with Crippen LogP contribution in [0, 0.1) is 11.6 Å². The van der Waals surface area contributed by atoms with Gasteiger partial charge in [-0.3, -0.25) is 14.5 Å². The number of ether oxygens (including phenoxy) is 1. The molecule has 5 nitrogen and oxygen atoms in total. The number of hydrogen-bond acceptors (Lipinski definition) is 4. The Balaban J connectivity index is 1.96. The molecule has 168 valence electrons. The van der Waals surface area contributed by atoms with Crippen molar-refractivity contribution in [1.29, 1.82) is 0 Å². The largest absolute Gasteiger partial charge is 0.507 e. The van der Waals surface area contributed by atoms with E-state index in [0.717, 1.165) is 17.0 Å². The lowest BCUT2D eigenvalue weighted by atomic mass is 9.95. The van der Waals surface area contributed by atoms with Gasteiger partial charge in [0.2, 0.25) is 0 Å². The maximum atomic E-state index is 14.0. The molecule has 0 aliphatic carbocycles. The topological polar surface area (TPSA) is 66.8 Å². The molecule has 0 saturated carbocycles. The van der Waals surface area contributed by atoms with Crippen molar-refractivity contribution in [2.24, 2.45) is 0 Å². The summed E-state index contributed by atoms with van der Waals surface area (Å²) >= 11 is 6.04. The van der Waals surface area contributed by atoms with Gasteiger partial charge < -0.3 is 9.84 Å². The van der Waals surface area contributed by atoms with Crippen molar-refractivity contribution in [3.05, 3.63) is 100 Å². The van der Waals surface area contributed by atoms with E-state index in [1.807, 2.05) is 0 Å². The molecule has 0 spiro atoms. The molecule has 3 aromatic rings. The third-order valence-corrected chi connectivity index (χ3v) is 5.44. The Labute approximate surface area is 193 Å². The van der Waals surface area contributed by atoms with E-state index in [2.05, 4.69) is 0 Å². The third kappa shape index (κ3) is 4.19. The Kier molecular flexibility index (Phi) is 6.16. The molecular weight excluding hydrogens is 452 g/mol. The van der Waals surface area contributed by atoms with Gasteiger partial charge in [0.05, 0.1) is 18.2 Å². The average molecular weight is 470 g/mol. The summed E-state index contributed by atoms with van der Waals surface area (Å²) < 4.78 is 33.1. The molecule has 0 bridgehead atoms. The number of hydrogen-bond donors (Lipinski definition) is 1. The van der Waals surface area contributed by atoms with Crippen LogP contribution in [0.1, 0.15) is 24.1 Å². The summed E-state index contributed by atoms with van der Waals surface area (Å²) in [6.07, 6.45) is 0. The van der Waals surface area contributed by atoms with E-state index in [4.69, 9.17) is 16.3 Å². The van der Waals surface area contributed by atoms with Gasteiger partial charge in [0.1, 0.15) is 11.5 Å². The predicted octanol–water partition coefficient (Wildman–Crippen LogP) is 5.64. The Morgan fingerprint density at radius 2 is 1.79 bits per heavy atom. The molecule has 0 radical (unpaired) electrons. The van der Waals surface area contributed by atoms with Crippen molar-refractivity contribution in [2.75, 3.05) is 11.5 Å². The van der Waals surface area contributed by atoms with E-state index in [1.54, 1.807) is 49.4 Å². The van der Waals surface area contributed by atoms with Gasteiger partial charge >= 0.3 is 0 Å². The second kappa shape index (κ2) is 9.03.